The van der Waals surface area contributed by atoms with Gasteiger partial charge in [-0.25, -0.2) is 0 Å². The maximum Gasteiger partial charge on any atom is 0.257 e. The van der Waals surface area contributed by atoms with Crippen molar-refractivity contribution in [1.82, 2.24) is 29.4 Å². The summed E-state index contributed by atoms with van der Waals surface area (Å²) in [4.78, 5) is 15.1. The number of aryl methyl sites for hydroxylation is 2. The number of carbonyl (C=O) groups is 1. The van der Waals surface area contributed by atoms with Gasteiger partial charge in [-0.3, -0.25) is 9.48 Å². The lowest BCUT2D eigenvalue weighted by Crippen LogP contribution is -2.39. The number of amides is 1. The molecule has 0 unspecified atom stereocenters. The molecule has 4 rings (SSSR count). The molecule has 0 saturated heterocycles. The standard InChI is InChI=1S/C18H26N6O/c1-3-15-19-20-16-12-23(9-10-24(15)16)18(25)14-11-22(2)21-17(14)13-7-5-4-6-8-13/h11,13H,3-10,12H2,1-2H3. The molecule has 0 atom stereocenters. The highest BCUT2D eigenvalue weighted by Crippen LogP contribution is 2.34. The van der Waals surface area contributed by atoms with E-state index in [4.69, 9.17) is 0 Å². The minimum absolute atomic E-state index is 0.0842. The minimum atomic E-state index is 0.0842. The Morgan fingerprint density at radius 3 is 2.76 bits per heavy atom. The molecule has 2 aromatic rings. The van der Waals surface area contributed by atoms with Crippen LogP contribution in [-0.4, -0.2) is 41.9 Å². The molecule has 1 fully saturated rings. The molecule has 0 N–H and O–H groups in total. The Morgan fingerprint density at radius 1 is 1.20 bits per heavy atom. The molecule has 25 heavy (non-hydrogen) atoms. The molecule has 1 saturated carbocycles. The van der Waals surface area contributed by atoms with E-state index in [-0.39, 0.29) is 5.91 Å². The van der Waals surface area contributed by atoms with Crippen LogP contribution in [-0.2, 0) is 26.6 Å². The Bertz CT molecular complexity index is 771. The molecule has 0 bridgehead atoms. The van der Waals surface area contributed by atoms with Crippen LogP contribution in [0.2, 0.25) is 0 Å². The zero-order valence-corrected chi connectivity index (χ0v) is 15.1. The average molecular weight is 342 g/mol. The van der Waals surface area contributed by atoms with Gasteiger partial charge in [0.05, 0.1) is 17.8 Å². The van der Waals surface area contributed by atoms with Crippen molar-refractivity contribution in [2.24, 2.45) is 7.05 Å². The van der Waals surface area contributed by atoms with Gasteiger partial charge in [0.2, 0.25) is 0 Å². The molecule has 2 aromatic heterocycles. The predicted octanol–water partition coefficient (Wildman–Crippen LogP) is 2.28. The lowest BCUT2D eigenvalue weighted by atomic mass is 9.85. The van der Waals surface area contributed by atoms with Gasteiger partial charge in [0, 0.05) is 38.7 Å². The fourth-order valence-corrected chi connectivity index (χ4v) is 4.17. The molecule has 7 nitrogen and oxygen atoms in total. The molecule has 1 aliphatic carbocycles. The van der Waals surface area contributed by atoms with Crippen molar-refractivity contribution >= 4 is 5.91 Å². The third kappa shape index (κ3) is 2.96. The van der Waals surface area contributed by atoms with Crippen LogP contribution in [0.1, 0.15) is 72.6 Å². The van der Waals surface area contributed by atoms with E-state index in [1.54, 1.807) is 4.68 Å². The summed E-state index contributed by atoms with van der Waals surface area (Å²) in [6, 6.07) is 0. The summed E-state index contributed by atoms with van der Waals surface area (Å²) in [6.45, 7) is 4.10. The van der Waals surface area contributed by atoms with Crippen molar-refractivity contribution in [1.29, 1.82) is 0 Å². The highest BCUT2D eigenvalue weighted by molar-refractivity contribution is 5.95. The number of nitrogens with zero attached hydrogens (tertiary/aromatic N) is 6. The molecule has 3 heterocycles. The van der Waals surface area contributed by atoms with Crippen molar-refractivity contribution in [3.05, 3.63) is 29.1 Å². The van der Waals surface area contributed by atoms with Gasteiger partial charge in [0.15, 0.2) is 5.82 Å². The number of rotatable bonds is 3. The first kappa shape index (κ1) is 16.3. The minimum Gasteiger partial charge on any atom is -0.329 e. The van der Waals surface area contributed by atoms with Gasteiger partial charge in [0.1, 0.15) is 5.82 Å². The quantitative estimate of drug-likeness (QED) is 0.858. The van der Waals surface area contributed by atoms with Crippen LogP contribution < -0.4 is 0 Å². The molecule has 7 heteroatoms. The third-order valence-electron chi connectivity index (χ3n) is 5.51. The summed E-state index contributed by atoms with van der Waals surface area (Å²) in [5, 5.41) is 13.2. The highest BCUT2D eigenvalue weighted by Gasteiger charge is 2.30. The topological polar surface area (TPSA) is 68.8 Å². The van der Waals surface area contributed by atoms with E-state index in [0.717, 1.165) is 48.7 Å². The van der Waals surface area contributed by atoms with Gasteiger partial charge >= 0.3 is 0 Å². The van der Waals surface area contributed by atoms with E-state index in [0.29, 0.717) is 19.0 Å². The van der Waals surface area contributed by atoms with Crippen LogP contribution in [0.25, 0.3) is 0 Å². The maximum atomic E-state index is 13.2. The molecular weight excluding hydrogens is 316 g/mol. The first-order chi connectivity index (χ1) is 12.2. The van der Waals surface area contributed by atoms with E-state index in [2.05, 4.69) is 26.8 Å². The summed E-state index contributed by atoms with van der Waals surface area (Å²) in [5.74, 6) is 2.40. The summed E-state index contributed by atoms with van der Waals surface area (Å²) in [6.07, 6.45) is 8.83. The molecule has 1 amide bonds. The van der Waals surface area contributed by atoms with Crippen LogP contribution >= 0.6 is 0 Å². The largest absolute Gasteiger partial charge is 0.329 e. The Labute approximate surface area is 148 Å². The SMILES string of the molecule is CCc1nnc2n1CCN(C(=O)c1cn(C)nc1C1CCCCC1)C2. The second-order valence-corrected chi connectivity index (χ2v) is 7.20. The molecular formula is C18H26N6O. The number of carbonyl (C=O) groups excluding carboxylic acids is 1. The van der Waals surface area contributed by atoms with Crippen molar-refractivity contribution in [3.63, 3.8) is 0 Å². The molecule has 2 aliphatic rings. The van der Waals surface area contributed by atoms with Crippen LogP contribution in [0, 0.1) is 0 Å². The van der Waals surface area contributed by atoms with E-state index in [1.165, 1.54) is 19.3 Å². The Kier molecular flexibility index (Phi) is 4.31. The van der Waals surface area contributed by atoms with E-state index >= 15 is 0 Å². The van der Waals surface area contributed by atoms with E-state index in [9.17, 15) is 4.79 Å². The Hall–Kier alpha value is -2.18. The van der Waals surface area contributed by atoms with Crippen LogP contribution in [0.3, 0.4) is 0 Å². The zero-order valence-electron chi connectivity index (χ0n) is 15.1. The number of fused-ring (bicyclic) bond motifs is 1. The van der Waals surface area contributed by atoms with Crippen LogP contribution in [0.5, 0.6) is 0 Å². The monoisotopic (exact) mass is 342 g/mol. The lowest BCUT2D eigenvalue weighted by Gasteiger charge is -2.28. The van der Waals surface area contributed by atoms with Crippen molar-refractivity contribution in [2.75, 3.05) is 6.54 Å². The smallest absolute Gasteiger partial charge is 0.257 e. The second-order valence-electron chi connectivity index (χ2n) is 7.20. The predicted molar refractivity (Wildman–Crippen MR) is 93.2 cm³/mol. The highest BCUT2D eigenvalue weighted by atomic mass is 16.2. The Balaban J connectivity index is 1.57. The van der Waals surface area contributed by atoms with Gasteiger partial charge < -0.3 is 9.47 Å². The number of hydrogen-bond acceptors (Lipinski definition) is 4. The first-order valence-electron chi connectivity index (χ1n) is 9.41. The van der Waals surface area contributed by atoms with E-state index < -0.39 is 0 Å². The van der Waals surface area contributed by atoms with Gasteiger partial charge in [-0.2, -0.15) is 5.10 Å². The first-order valence-corrected chi connectivity index (χ1v) is 9.41. The van der Waals surface area contributed by atoms with Crippen LogP contribution in [0.15, 0.2) is 6.20 Å². The third-order valence-corrected chi connectivity index (χ3v) is 5.51. The zero-order chi connectivity index (χ0) is 17.4. The Morgan fingerprint density at radius 2 is 2.00 bits per heavy atom. The van der Waals surface area contributed by atoms with Gasteiger partial charge in [-0.05, 0) is 12.8 Å². The van der Waals surface area contributed by atoms with Gasteiger partial charge in [-0.15, -0.1) is 10.2 Å². The summed E-state index contributed by atoms with van der Waals surface area (Å²) in [7, 11) is 1.91. The maximum absolute atomic E-state index is 13.2. The van der Waals surface area contributed by atoms with Crippen LogP contribution in [0.4, 0.5) is 0 Å². The molecule has 0 aromatic carbocycles. The molecule has 1 aliphatic heterocycles. The van der Waals surface area contributed by atoms with Gasteiger partial charge in [0.25, 0.3) is 5.91 Å². The number of hydrogen-bond donors (Lipinski definition) is 0. The summed E-state index contributed by atoms with van der Waals surface area (Å²) < 4.78 is 3.94. The summed E-state index contributed by atoms with van der Waals surface area (Å²) >= 11 is 0. The van der Waals surface area contributed by atoms with E-state index in [1.807, 2.05) is 18.1 Å². The van der Waals surface area contributed by atoms with Crippen molar-refractivity contribution in [3.8, 4) is 0 Å². The molecule has 0 radical (unpaired) electrons. The van der Waals surface area contributed by atoms with Gasteiger partial charge in [-0.1, -0.05) is 26.2 Å². The molecule has 134 valence electrons. The normalized spacial score (nSPS) is 18.4. The second kappa shape index (κ2) is 6.61. The molecule has 0 spiro atoms. The lowest BCUT2D eigenvalue weighted by molar-refractivity contribution is 0.0704. The average Bonchev–Trinajstić information content (AvgIpc) is 3.24. The fraction of sp³-hybridized carbons (Fsp3) is 0.667. The van der Waals surface area contributed by atoms with Crippen molar-refractivity contribution < 1.29 is 4.79 Å². The fourth-order valence-electron chi connectivity index (χ4n) is 4.17. The number of aromatic nitrogens is 5. The summed E-state index contributed by atoms with van der Waals surface area (Å²) in [5.41, 5.74) is 1.77. The van der Waals surface area contributed by atoms with Crippen molar-refractivity contribution in [2.45, 2.75) is 64.5 Å².